The number of benzene rings is 1. The van der Waals surface area contributed by atoms with Crippen molar-refractivity contribution in [2.24, 2.45) is 5.92 Å². The van der Waals surface area contributed by atoms with E-state index in [-0.39, 0.29) is 5.54 Å². The Labute approximate surface area is 126 Å². The van der Waals surface area contributed by atoms with E-state index >= 15 is 0 Å². The van der Waals surface area contributed by atoms with Gasteiger partial charge in [0, 0.05) is 16.6 Å². The van der Waals surface area contributed by atoms with Crippen molar-refractivity contribution >= 4 is 15.9 Å². The summed E-state index contributed by atoms with van der Waals surface area (Å²) >= 11 is 3.53. The van der Waals surface area contributed by atoms with Crippen LogP contribution in [0, 0.1) is 5.92 Å². The summed E-state index contributed by atoms with van der Waals surface area (Å²) < 4.78 is 1.17. The fraction of sp³-hybridized carbons (Fsp3) is 0.647. The Kier molecular flexibility index (Phi) is 5.08. The van der Waals surface area contributed by atoms with Crippen LogP contribution in [-0.4, -0.2) is 12.1 Å². The first kappa shape index (κ1) is 15.1. The van der Waals surface area contributed by atoms with Crippen molar-refractivity contribution in [2.45, 2.75) is 57.9 Å². The minimum Gasteiger partial charge on any atom is -0.311 e. The highest BCUT2D eigenvalue weighted by molar-refractivity contribution is 9.10. The molecule has 1 aliphatic rings. The van der Waals surface area contributed by atoms with Crippen molar-refractivity contribution in [2.75, 3.05) is 6.54 Å². The van der Waals surface area contributed by atoms with E-state index in [0.717, 1.165) is 12.5 Å². The topological polar surface area (TPSA) is 12.0 Å². The lowest BCUT2D eigenvalue weighted by atomic mass is 9.84. The molecule has 106 valence electrons. The van der Waals surface area contributed by atoms with E-state index in [4.69, 9.17) is 0 Å². The first-order chi connectivity index (χ1) is 8.96. The molecule has 1 aliphatic carbocycles. The van der Waals surface area contributed by atoms with Gasteiger partial charge in [0.2, 0.25) is 0 Å². The van der Waals surface area contributed by atoms with Gasteiger partial charge >= 0.3 is 0 Å². The molecule has 19 heavy (non-hydrogen) atoms. The predicted molar refractivity (Wildman–Crippen MR) is 86.6 cm³/mol. The summed E-state index contributed by atoms with van der Waals surface area (Å²) in [6, 6.07) is 8.93. The molecule has 1 fully saturated rings. The molecule has 0 amide bonds. The van der Waals surface area contributed by atoms with Crippen molar-refractivity contribution in [3.05, 3.63) is 34.3 Å². The predicted octanol–water partition coefficient (Wildman–Crippen LogP) is 5.11. The molecule has 1 unspecified atom stereocenters. The molecule has 1 aromatic carbocycles. The fourth-order valence-electron chi connectivity index (χ4n) is 3.04. The molecule has 2 heteroatoms. The van der Waals surface area contributed by atoms with Crippen LogP contribution in [0.4, 0.5) is 0 Å². The molecule has 1 saturated carbocycles. The van der Waals surface area contributed by atoms with Gasteiger partial charge in [-0.25, -0.2) is 0 Å². The summed E-state index contributed by atoms with van der Waals surface area (Å²) in [5.74, 6) is 1.52. The second kappa shape index (κ2) is 6.41. The standard InChI is InChI=1S/C17H26BrN/c1-17(2,3)19-12-16(13-6-4-5-7-13)14-8-10-15(18)11-9-14/h8-11,13,16,19H,4-7,12H2,1-3H3. The molecule has 0 bridgehead atoms. The molecule has 0 aliphatic heterocycles. The number of rotatable bonds is 4. The summed E-state index contributed by atoms with van der Waals surface area (Å²) in [6.07, 6.45) is 5.61. The molecule has 0 radical (unpaired) electrons. The molecule has 1 N–H and O–H groups in total. The molecule has 1 nitrogen and oxygen atoms in total. The first-order valence-electron chi connectivity index (χ1n) is 7.46. The van der Waals surface area contributed by atoms with Crippen molar-refractivity contribution in [1.82, 2.24) is 5.32 Å². The third-order valence-corrected chi connectivity index (χ3v) is 4.65. The van der Waals surface area contributed by atoms with Gasteiger partial charge < -0.3 is 5.32 Å². The number of halogens is 1. The zero-order valence-electron chi connectivity index (χ0n) is 12.4. The summed E-state index contributed by atoms with van der Waals surface area (Å²) in [4.78, 5) is 0. The molecule has 0 saturated heterocycles. The molecular formula is C17H26BrN. The van der Waals surface area contributed by atoms with E-state index in [9.17, 15) is 0 Å². The molecular weight excluding hydrogens is 298 g/mol. The zero-order chi connectivity index (χ0) is 13.9. The Hall–Kier alpha value is -0.340. The number of hydrogen-bond acceptors (Lipinski definition) is 1. The van der Waals surface area contributed by atoms with Gasteiger partial charge in [-0.2, -0.15) is 0 Å². The number of nitrogens with one attached hydrogen (secondary N) is 1. The van der Waals surface area contributed by atoms with Crippen LogP contribution in [-0.2, 0) is 0 Å². The largest absolute Gasteiger partial charge is 0.311 e. The van der Waals surface area contributed by atoms with Crippen LogP contribution in [0.15, 0.2) is 28.7 Å². The van der Waals surface area contributed by atoms with Gasteiger partial charge in [-0.3, -0.25) is 0 Å². The van der Waals surface area contributed by atoms with E-state index in [0.29, 0.717) is 5.92 Å². The summed E-state index contributed by atoms with van der Waals surface area (Å²) in [5, 5.41) is 3.70. The summed E-state index contributed by atoms with van der Waals surface area (Å²) in [7, 11) is 0. The lowest BCUT2D eigenvalue weighted by molar-refractivity contribution is 0.351. The van der Waals surface area contributed by atoms with E-state index < -0.39 is 0 Å². The average Bonchev–Trinajstić information content (AvgIpc) is 2.84. The van der Waals surface area contributed by atoms with E-state index in [1.165, 1.54) is 35.7 Å². The Morgan fingerprint density at radius 2 is 1.74 bits per heavy atom. The maximum Gasteiger partial charge on any atom is 0.0175 e. The van der Waals surface area contributed by atoms with Crippen LogP contribution in [0.1, 0.15) is 57.9 Å². The summed E-state index contributed by atoms with van der Waals surface area (Å²) in [5.41, 5.74) is 1.69. The molecule has 2 rings (SSSR count). The summed E-state index contributed by atoms with van der Waals surface area (Å²) in [6.45, 7) is 7.84. The van der Waals surface area contributed by atoms with Crippen LogP contribution >= 0.6 is 15.9 Å². The maximum atomic E-state index is 3.70. The highest BCUT2D eigenvalue weighted by Crippen LogP contribution is 2.37. The van der Waals surface area contributed by atoms with Crippen LogP contribution in [0.2, 0.25) is 0 Å². The molecule has 0 aromatic heterocycles. The maximum absolute atomic E-state index is 3.70. The number of hydrogen-bond donors (Lipinski definition) is 1. The lowest BCUT2D eigenvalue weighted by Crippen LogP contribution is -2.39. The zero-order valence-corrected chi connectivity index (χ0v) is 14.0. The SMILES string of the molecule is CC(C)(C)NCC(c1ccc(Br)cc1)C1CCCC1. The Bertz CT molecular complexity index is 385. The molecule has 1 atom stereocenters. The van der Waals surface area contributed by atoms with Crippen LogP contribution in [0.5, 0.6) is 0 Å². The Balaban J connectivity index is 2.11. The molecule has 1 aromatic rings. The fourth-order valence-corrected chi connectivity index (χ4v) is 3.31. The molecule has 0 spiro atoms. The Morgan fingerprint density at radius 1 is 1.16 bits per heavy atom. The van der Waals surface area contributed by atoms with Crippen molar-refractivity contribution in [3.63, 3.8) is 0 Å². The normalized spacial score (nSPS) is 18.7. The third kappa shape index (κ3) is 4.61. The van der Waals surface area contributed by atoms with Crippen LogP contribution in [0.25, 0.3) is 0 Å². The Morgan fingerprint density at radius 3 is 2.26 bits per heavy atom. The van der Waals surface area contributed by atoms with Crippen molar-refractivity contribution in [1.29, 1.82) is 0 Å². The lowest BCUT2D eigenvalue weighted by Gasteiger charge is -2.29. The van der Waals surface area contributed by atoms with E-state index in [1.807, 2.05) is 0 Å². The highest BCUT2D eigenvalue weighted by atomic mass is 79.9. The van der Waals surface area contributed by atoms with Crippen LogP contribution in [0.3, 0.4) is 0 Å². The van der Waals surface area contributed by atoms with E-state index in [2.05, 4.69) is 66.3 Å². The average molecular weight is 324 g/mol. The van der Waals surface area contributed by atoms with Crippen molar-refractivity contribution in [3.8, 4) is 0 Å². The van der Waals surface area contributed by atoms with Gasteiger partial charge in [-0.15, -0.1) is 0 Å². The minimum atomic E-state index is 0.201. The van der Waals surface area contributed by atoms with Gasteiger partial charge in [0.1, 0.15) is 0 Å². The second-order valence-electron chi connectivity index (χ2n) is 6.83. The highest BCUT2D eigenvalue weighted by Gasteiger charge is 2.27. The quantitative estimate of drug-likeness (QED) is 0.811. The van der Waals surface area contributed by atoms with Crippen molar-refractivity contribution < 1.29 is 0 Å². The van der Waals surface area contributed by atoms with Gasteiger partial charge in [-0.1, -0.05) is 40.9 Å². The van der Waals surface area contributed by atoms with Gasteiger partial charge in [-0.05, 0) is 63.1 Å². The monoisotopic (exact) mass is 323 g/mol. The van der Waals surface area contributed by atoms with Crippen LogP contribution < -0.4 is 5.32 Å². The molecule has 0 heterocycles. The van der Waals surface area contributed by atoms with Gasteiger partial charge in [0.25, 0.3) is 0 Å². The first-order valence-corrected chi connectivity index (χ1v) is 8.25. The van der Waals surface area contributed by atoms with Gasteiger partial charge in [0.15, 0.2) is 0 Å². The second-order valence-corrected chi connectivity index (χ2v) is 7.75. The third-order valence-electron chi connectivity index (χ3n) is 4.12. The van der Waals surface area contributed by atoms with Gasteiger partial charge in [0.05, 0.1) is 0 Å². The minimum absolute atomic E-state index is 0.201. The smallest absolute Gasteiger partial charge is 0.0175 e. The van der Waals surface area contributed by atoms with E-state index in [1.54, 1.807) is 0 Å².